The molecule has 111 heavy (non-hydrogen) atoms. The standard InChI is InChI=1S/C84H149O24P3/c1-13-23-27-31-34-37-38-39-40-41-42-44-46-50-54-58-75(86)104-81-79(94-67-59-72(92-12)57-53-48-30-26-16-4)77(106-109(88,96-60-17-5)97-61-18-6)73(69-91-11)102-83(81)95-70-74-78(107-110(89,98-62-19-7)99-63-20-8)80(93-66-55-51-47-36-33-29-25-15-3)82(84(103-74)108-111(90,100-64-21-9)101-65-22-10)105-76(87)68-71(85)56-52-49-45-43-35-32-28-24-14-2/h17-22,37-38,72-74,77-84H,5-10,13-16,23-36,39-70H2,1-4,11-12H3/b38-37-/t72-,73+,74+,77+,78+,79-,80-,81+,82+,83+,84+/m0/s1. The monoisotopic (exact) mass is 1630 g/mol. The Bertz CT molecular complexity index is 2560. The molecule has 27 heteroatoms. The minimum absolute atomic E-state index is 0.0186. The number of phosphoric acid groups is 3. The first-order valence-electron chi connectivity index (χ1n) is 42.1. The molecule has 0 aromatic carbocycles. The number of allylic oxidation sites excluding steroid dienone is 2. The zero-order valence-corrected chi connectivity index (χ0v) is 71.9. The van der Waals surface area contributed by atoms with E-state index in [9.17, 15) is 18.9 Å². The van der Waals surface area contributed by atoms with Crippen LogP contribution in [0.4, 0.5) is 0 Å². The molecule has 644 valence electrons. The number of hydrogen-bond acceptors (Lipinski definition) is 24. The Balaban J connectivity index is 3.04. The molecule has 0 bridgehead atoms. The number of rotatable bonds is 79. The van der Waals surface area contributed by atoms with Crippen LogP contribution in [-0.2, 0) is 111 Å². The van der Waals surface area contributed by atoms with Crippen molar-refractivity contribution in [3.05, 3.63) is 88.1 Å². The second-order valence-corrected chi connectivity index (χ2v) is 33.4. The number of hydrogen-bond donors (Lipinski definition) is 0. The highest BCUT2D eigenvalue weighted by Gasteiger charge is 2.57. The maximum Gasteiger partial charge on any atom is 0.477 e. The number of phosphoric ester groups is 3. The molecule has 0 N–H and O–H groups in total. The van der Waals surface area contributed by atoms with Gasteiger partial charge in [0.05, 0.1) is 59.0 Å². The van der Waals surface area contributed by atoms with Crippen LogP contribution in [0, 0.1) is 0 Å². The molecule has 0 radical (unpaired) electrons. The van der Waals surface area contributed by atoms with Crippen molar-refractivity contribution in [2.24, 2.45) is 0 Å². The molecule has 2 aliphatic rings. The van der Waals surface area contributed by atoms with E-state index >= 15 is 9.13 Å². The highest BCUT2D eigenvalue weighted by atomic mass is 31.2. The zero-order chi connectivity index (χ0) is 81.3. The average Bonchev–Trinajstić information content (AvgIpc) is 0.772. The third kappa shape index (κ3) is 48.4. The minimum atomic E-state index is -4.84. The molecule has 2 aliphatic heterocycles. The molecular weight excluding hydrogens is 1490 g/mol. The molecule has 2 heterocycles. The summed E-state index contributed by atoms with van der Waals surface area (Å²) in [6.07, 6.45) is 31.7. The van der Waals surface area contributed by atoms with Gasteiger partial charge >= 0.3 is 35.4 Å². The first-order chi connectivity index (χ1) is 54.0. The van der Waals surface area contributed by atoms with E-state index < -0.39 is 116 Å². The highest BCUT2D eigenvalue weighted by molar-refractivity contribution is 7.49. The lowest BCUT2D eigenvalue weighted by atomic mass is 9.97. The SMILES string of the molecule is C=CCOP(=O)(OCC=C)O[C@H]1O[C@H](CO[C@@H]2O[C@H](COC)[C@@H](OP(=O)(OCC=C)OCC=C)[C@H](OCC[C@H](CCCCCCC)OC)[C@H]2OC(=O)CCCCCCCCC/C=C\CCCCCC)[C@@H](OP(=O)(OCC=C)OCC=C)[C@H](OCCCCCCCCCC)[C@H]1OC(=O)CC(=O)CCCCCCCCCCC. The Morgan fingerprint density at radius 1 is 0.369 bits per heavy atom. The Hall–Kier alpha value is -3.16. The maximum atomic E-state index is 15.3. The Morgan fingerprint density at radius 2 is 0.730 bits per heavy atom. The largest absolute Gasteiger partial charge is 0.477 e. The van der Waals surface area contributed by atoms with E-state index in [4.69, 9.17) is 83.3 Å². The Morgan fingerprint density at radius 3 is 1.17 bits per heavy atom. The molecule has 0 spiro atoms. The van der Waals surface area contributed by atoms with E-state index in [1.54, 1.807) is 7.11 Å². The molecule has 0 unspecified atom stereocenters. The van der Waals surface area contributed by atoms with Crippen LogP contribution in [-0.4, -0.2) is 166 Å². The predicted octanol–water partition coefficient (Wildman–Crippen LogP) is 21.8. The third-order valence-corrected chi connectivity index (χ3v) is 23.1. The number of unbranched alkanes of at least 4 members (excludes halogenated alkanes) is 30. The van der Waals surface area contributed by atoms with Crippen LogP contribution in [0.2, 0.25) is 0 Å². The van der Waals surface area contributed by atoms with Gasteiger partial charge in [-0.3, -0.25) is 55.1 Å². The predicted molar refractivity (Wildman–Crippen MR) is 437 cm³/mol. The van der Waals surface area contributed by atoms with Crippen LogP contribution in [0.15, 0.2) is 88.1 Å². The van der Waals surface area contributed by atoms with Crippen LogP contribution in [0.3, 0.4) is 0 Å². The van der Waals surface area contributed by atoms with Gasteiger partial charge in [0.25, 0.3) is 0 Å². The van der Waals surface area contributed by atoms with E-state index in [1.807, 2.05) is 0 Å². The van der Waals surface area contributed by atoms with Gasteiger partial charge in [-0.15, -0.1) is 39.5 Å². The summed E-state index contributed by atoms with van der Waals surface area (Å²) >= 11 is 0. The fourth-order valence-corrected chi connectivity index (χ4v) is 16.7. The molecule has 0 aromatic rings. The lowest BCUT2D eigenvalue weighted by Gasteiger charge is -2.47. The molecule has 2 fully saturated rings. The van der Waals surface area contributed by atoms with E-state index in [0.29, 0.717) is 32.1 Å². The number of carbonyl (C=O) groups excluding carboxylic acids is 3. The summed E-state index contributed by atoms with van der Waals surface area (Å²) in [5.41, 5.74) is 0. The van der Waals surface area contributed by atoms with Gasteiger partial charge < -0.3 is 42.6 Å². The lowest BCUT2D eigenvalue weighted by molar-refractivity contribution is -0.330. The Kier molecular flexibility index (Phi) is 63.5. The maximum absolute atomic E-state index is 15.3. The van der Waals surface area contributed by atoms with Gasteiger partial charge in [-0.1, -0.05) is 256 Å². The molecule has 2 saturated heterocycles. The second-order valence-electron chi connectivity index (χ2n) is 28.5. The lowest BCUT2D eigenvalue weighted by Crippen LogP contribution is -2.64. The summed E-state index contributed by atoms with van der Waals surface area (Å²) < 4.78 is 158. The molecule has 24 nitrogen and oxygen atoms in total. The topological polar surface area (TPSA) is 269 Å². The number of methoxy groups -OCH3 is 2. The average molecular weight is 1640 g/mol. The van der Waals surface area contributed by atoms with Crippen LogP contribution in [0.25, 0.3) is 0 Å². The molecule has 0 aliphatic carbocycles. The summed E-state index contributed by atoms with van der Waals surface area (Å²) in [5.74, 6) is -2.08. The van der Waals surface area contributed by atoms with Crippen molar-refractivity contribution in [2.45, 2.75) is 352 Å². The fourth-order valence-electron chi connectivity index (χ4n) is 12.8. The summed E-state index contributed by atoms with van der Waals surface area (Å²) in [6, 6.07) is 0. The minimum Gasteiger partial charge on any atom is -0.454 e. The molecule has 0 aromatic heterocycles. The van der Waals surface area contributed by atoms with Crippen molar-refractivity contribution >= 4 is 41.2 Å². The van der Waals surface area contributed by atoms with Gasteiger partial charge in [-0.05, 0) is 57.8 Å². The molecule has 0 amide bonds. The van der Waals surface area contributed by atoms with Crippen LogP contribution < -0.4 is 0 Å². The molecule has 11 atom stereocenters. The van der Waals surface area contributed by atoms with Crippen LogP contribution in [0.1, 0.15) is 285 Å². The second kappa shape index (κ2) is 67.8. The smallest absolute Gasteiger partial charge is 0.454 e. The normalized spacial score (nSPS) is 20.6. The number of ether oxygens (including phenoxy) is 9. The van der Waals surface area contributed by atoms with E-state index in [-0.39, 0.29) is 78.4 Å². The zero-order valence-electron chi connectivity index (χ0n) is 69.2. The summed E-state index contributed by atoms with van der Waals surface area (Å²) in [4.78, 5) is 43.1. The van der Waals surface area contributed by atoms with Crippen molar-refractivity contribution in [1.82, 2.24) is 0 Å². The number of ketones is 1. The van der Waals surface area contributed by atoms with Crippen LogP contribution >= 0.6 is 23.5 Å². The van der Waals surface area contributed by atoms with Gasteiger partial charge in [0.1, 0.15) is 48.8 Å². The number of carbonyl (C=O) groups is 3. The van der Waals surface area contributed by atoms with Crippen molar-refractivity contribution in [3.8, 4) is 0 Å². The van der Waals surface area contributed by atoms with Crippen LogP contribution in [0.5, 0.6) is 0 Å². The molecule has 0 saturated carbocycles. The van der Waals surface area contributed by atoms with Gasteiger partial charge in [-0.25, -0.2) is 13.7 Å². The van der Waals surface area contributed by atoms with Crippen molar-refractivity contribution in [3.63, 3.8) is 0 Å². The number of Topliss-reactive ketones (excluding diaryl/α,β-unsaturated/α-hetero) is 1. The summed E-state index contributed by atoms with van der Waals surface area (Å²) in [7, 11) is -11.2. The van der Waals surface area contributed by atoms with Crippen molar-refractivity contribution < 1.29 is 111 Å². The third-order valence-electron chi connectivity index (χ3n) is 18.9. The first kappa shape index (κ1) is 104. The first-order valence-corrected chi connectivity index (χ1v) is 46.5. The fraction of sp³-hybridized carbons (Fsp3) is 0.798. The highest BCUT2D eigenvalue weighted by Crippen LogP contribution is 2.56. The van der Waals surface area contributed by atoms with Crippen molar-refractivity contribution in [1.29, 1.82) is 0 Å². The van der Waals surface area contributed by atoms with Crippen molar-refractivity contribution in [2.75, 3.05) is 80.3 Å². The molecular formula is C84H149O24P3. The quantitative estimate of drug-likeness (QED) is 0.0180. The van der Waals surface area contributed by atoms with Gasteiger partial charge in [0, 0.05) is 40.3 Å². The van der Waals surface area contributed by atoms with Gasteiger partial charge in [0.15, 0.2) is 18.5 Å². The molecule has 2 rings (SSSR count). The van der Waals surface area contributed by atoms with E-state index in [2.05, 4.69) is 79.3 Å². The number of esters is 2. The Labute approximate surface area is 669 Å². The van der Waals surface area contributed by atoms with E-state index in [1.165, 1.54) is 82.1 Å². The van der Waals surface area contributed by atoms with Gasteiger partial charge in [-0.2, -0.15) is 0 Å². The van der Waals surface area contributed by atoms with E-state index in [0.717, 1.165) is 167 Å². The summed E-state index contributed by atoms with van der Waals surface area (Å²) in [6.45, 7) is 28.2. The summed E-state index contributed by atoms with van der Waals surface area (Å²) in [5, 5.41) is 0. The van der Waals surface area contributed by atoms with Gasteiger partial charge in [0.2, 0.25) is 6.29 Å².